The highest BCUT2D eigenvalue weighted by Crippen LogP contribution is 2.32. The van der Waals surface area contributed by atoms with Crippen molar-refractivity contribution in [2.24, 2.45) is 5.92 Å². The van der Waals surface area contributed by atoms with E-state index in [0.717, 1.165) is 12.7 Å². The lowest BCUT2D eigenvalue weighted by Gasteiger charge is -2.36. The van der Waals surface area contributed by atoms with Gasteiger partial charge in [-0.25, -0.2) is 8.42 Å². The van der Waals surface area contributed by atoms with Gasteiger partial charge in [0.05, 0.1) is 11.8 Å². The van der Waals surface area contributed by atoms with E-state index in [-0.39, 0.29) is 29.8 Å². The highest BCUT2D eigenvalue weighted by molar-refractivity contribution is 7.88. The number of carbonyl (C=O) groups is 1. The van der Waals surface area contributed by atoms with Crippen LogP contribution in [0.25, 0.3) is 0 Å². The van der Waals surface area contributed by atoms with Gasteiger partial charge in [-0.05, 0) is 30.9 Å². The monoisotopic (exact) mass is 374 g/mol. The Bertz CT molecular complexity index is 756. The fraction of sp³-hybridized carbons (Fsp3) is 0.562. The van der Waals surface area contributed by atoms with Crippen LogP contribution in [0, 0.1) is 5.92 Å². The van der Waals surface area contributed by atoms with Crippen LogP contribution >= 0.6 is 0 Å². The Balaban J connectivity index is 1.87. The van der Waals surface area contributed by atoms with Gasteiger partial charge < -0.3 is 9.64 Å². The van der Waals surface area contributed by atoms with Crippen LogP contribution in [-0.4, -0.2) is 62.1 Å². The van der Waals surface area contributed by atoms with E-state index < -0.39 is 22.5 Å². The molecule has 0 aromatic heterocycles. The maximum Gasteiger partial charge on any atom is 0.387 e. The molecule has 25 heavy (non-hydrogen) atoms. The number of halogens is 2. The first-order chi connectivity index (χ1) is 11.8. The number of fused-ring (bicyclic) bond motifs is 4. The van der Waals surface area contributed by atoms with Crippen molar-refractivity contribution in [2.45, 2.75) is 25.5 Å². The standard InChI is InChI=1S/C16H20F2N2O4S/c1-25(22,23)19-8-11-6-7-12(10-19)20(9-11)15(21)13-4-2-3-5-14(13)24-16(17)18/h2-5,11-12,16H,6-10H2,1H3/t11-,12+/m1/s1. The first kappa shape index (κ1) is 18.1. The molecule has 4 rings (SSSR count). The molecule has 3 aliphatic rings. The molecular formula is C16H20F2N2O4S. The Labute approximate surface area is 145 Å². The molecule has 3 saturated heterocycles. The molecular weight excluding hydrogens is 354 g/mol. The predicted octanol–water partition coefficient (Wildman–Crippen LogP) is 1.78. The van der Waals surface area contributed by atoms with E-state index in [1.54, 1.807) is 11.0 Å². The van der Waals surface area contributed by atoms with Crippen molar-refractivity contribution < 1.29 is 26.7 Å². The Morgan fingerprint density at radius 1 is 1.20 bits per heavy atom. The Morgan fingerprint density at radius 3 is 2.60 bits per heavy atom. The molecule has 3 aliphatic heterocycles. The number of carbonyl (C=O) groups excluding carboxylic acids is 1. The fourth-order valence-electron chi connectivity index (χ4n) is 3.56. The minimum absolute atomic E-state index is 0.0422. The van der Waals surface area contributed by atoms with Gasteiger partial charge in [0.25, 0.3) is 5.91 Å². The summed E-state index contributed by atoms with van der Waals surface area (Å²) < 4.78 is 54.8. The average Bonchev–Trinajstić information content (AvgIpc) is 2.86. The molecule has 2 bridgehead atoms. The van der Waals surface area contributed by atoms with Gasteiger partial charge in [0, 0.05) is 25.7 Å². The molecule has 1 amide bonds. The van der Waals surface area contributed by atoms with E-state index in [4.69, 9.17) is 0 Å². The lowest BCUT2D eigenvalue weighted by Crippen LogP contribution is -2.47. The Kier molecular flexibility index (Phi) is 4.97. The number of benzene rings is 1. The van der Waals surface area contributed by atoms with Crippen LogP contribution in [0.5, 0.6) is 5.75 Å². The number of hydrogen-bond donors (Lipinski definition) is 0. The SMILES string of the molecule is CS(=O)(=O)N1C[C@H]2CC[C@@H](C1)N(C(=O)c1ccccc1OC(F)F)C2. The zero-order valence-corrected chi connectivity index (χ0v) is 14.6. The van der Waals surface area contributed by atoms with Crippen LogP contribution in [0.15, 0.2) is 24.3 Å². The summed E-state index contributed by atoms with van der Waals surface area (Å²) in [7, 11) is -3.34. The molecule has 0 saturated carbocycles. The zero-order valence-electron chi connectivity index (χ0n) is 13.8. The number of hydrogen-bond acceptors (Lipinski definition) is 4. The van der Waals surface area contributed by atoms with Crippen LogP contribution in [0.2, 0.25) is 0 Å². The maximum absolute atomic E-state index is 12.9. The van der Waals surface area contributed by atoms with Gasteiger partial charge >= 0.3 is 6.61 Å². The molecule has 3 heterocycles. The second-order valence-electron chi connectivity index (χ2n) is 6.51. The number of sulfonamides is 1. The third-order valence-electron chi connectivity index (χ3n) is 4.74. The smallest absolute Gasteiger partial charge is 0.387 e. The molecule has 2 atom stereocenters. The van der Waals surface area contributed by atoms with Crippen molar-refractivity contribution in [1.82, 2.24) is 9.21 Å². The molecule has 3 fully saturated rings. The quantitative estimate of drug-likeness (QED) is 0.806. The Hall–Kier alpha value is -1.74. The second-order valence-corrected chi connectivity index (χ2v) is 8.49. The Morgan fingerprint density at radius 2 is 1.92 bits per heavy atom. The van der Waals surface area contributed by atoms with Gasteiger partial charge in [-0.15, -0.1) is 0 Å². The van der Waals surface area contributed by atoms with Gasteiger partial charge in [-0.1, -0.05) is 12.1 Å². The molecule has 0 aliphatic carbocycles. The van der Waals surface area contributed by atoms with Crippen LogP contribution < -0.4 is 4.74 Å². The third kappa shape index (κ3) is 3.92. The third-order valence-corrected chi connectivity index (χ3v) is 5.98. The van der Waals surface area contributed by atoms with Crippen molar-refractivity contribution >= 4 is 15.9 Å². The summed E-state index contributed by atoms with van der Waals surface area (Å²) in [6, 6.07) is 5.63. The number of rotatable bonds is 4. The number of piperidine rings is 1. The summed E-state index contributed by atoms with van der Waals surface area (Å²) in [5.74, 6) is -0.524. The summed E-state index contributed by atoms with van der Waals surface area (Å²) in [6.45, 7) is -1.98. The number of ether oxygens (including phenoxy) is 1. The topological polar surface area (TPSA) is 66.9 Å². The minimum atomic E-state index is -3.34. The number of nitrogens with zero attached hydrogens (tertiary/aromatic N) is 2. The van der Waals surface area contributed by atoms with Crippen LogP contribution in [0.4, 0.5) is 8.78 Å². The van der Waals surface area contributed by atoms with Crippen molar-refractivity contribution in [3.63, 3.8) is 0 Å². The minimum Gasteiger partial charge on any atom is -0.434 e. The number of para-hydroxylation sites is 1. The highest BCUT2D eigenvalue weighted by Gasteiger charge is 2.40. The van der Waals surface area contributed by atoms with Crippen molar-refractivity contribution in [2.75, 3.05) is 25.9 Å². The van der Waals surface area contributed by atoms with Crippen molar-refractivity contribution in [3.05, 3.63) is 29.8 Å². The second kappa shape index (κ2) is 6.87. The summed E-state index contributed by atoms with van der Waals surface area (Å²) in [6.07, 6.45) is 2.70. The van der Waals surface area contributed by atoms with E-state index >= 15 is 0 Å². The molecule has 0 spiro atoms. The summed E-state index contributed by atoms with van der Waals surface area (Å²) in [5, 5.41) is 0. The van der Waals surface area contributed by atoms with Crippen LogP contribution in [0.1, 0.15) is 23.2 Å². The molecule has 138 valence electrons. The normalized spacial score (nSPS) is 24.4. The van der Waals surface area contributed by atoms with E-state index in [2.05, 4.69) is 4.74 Å². The number of amides is 1. The maximum atomic E-state index is 12.9. The number of alkyl halides is 2. The predicted molar refractivity (Wildman–Crippen MR) is 87.0 cm³/mol. The molecule has 0 radical (unpaired) electrons. The van der Waals surface area contributed by atoms with Crippen molar-refractivity contribution in [3.8, 4) is 5.75 Å². The van der Waals surface area contributed by atoms with E-state index in [1.165, 1.54) is 22.5 Å². The summed E-state index contributed by atoms with van der Waals surface area (Å²) in [4.78, 5) is 14.5. The summed E-state index contributed by atoms with van der Waals surface area (Å²) >= 11 is 0. The van der Waals surface area contributed by atoms with E-state index in [9.17, 15) is 22.0 Å². The van der Waals surface area contributed by atoms with Gasteiger partial charge in [-0.2, -0.15) is 13.1 Å². The van der Waals surface area contributed by atoms with Gasteiger partial charge in [-0.3, -0.25) is 4.79 Å². The molecule has 0 unspecified atom stereocenters. The van der Waals surface area contributed by atoms with E-state index in [0.29, 0.717) is 19.5 Å². The van der Waals surface area contributed by atoms with Crippen molar-refractivity contribution in [1.29, 1.82) is 0 Å². The van der Waals surface area contributed by atoms with Crippen LogP contribution in [-0.2, 0) is 10.0 Å². The molecule has 9 heteroatoms. The highest BCUT2D eigenvalue weighted by atomic mass is 32.2. The van der Waals surface area contributed by atoms with Crippen LogP contribution in [0.3, 0.4) is 0 Å². The molecule has 0 N–H and O–H groups in total. The molecule has 6 nitrogen and oxygen atoms in total. The van der Waals surface area contributed by atoms with Gasteiger partial charge in [0.15, 0.2) is 0 Å². The average molecular weight is 374 g/mol. The summed E-state index contributed by atoms with van der Waals surface area (Å²) in [5.41, 5.74) is 0.0706. The largest absolute Gasteiger partial charge is 0.434 e. The lowest BCUT2D eigenvalue weighted by atomic mass is 9.94. The first-order valence-electron chi connectivity index (χ1n) is 8.05. The first-order valence-corrected chi connectivity index (χ1v) is 9.90. The molecule has 1 aromatic carbocycles. The lowest BCUT2D eigenvalue weighted by molar-refractivity contribution is -0.0503. The fourth-order valence-corrected chi connectivity index (χ4v) is 4.48. The van der Waals surface area contributed by atoms with Gasteiger partial charge in [0.2, 0.25) is 10.0 Å². The molecule has 1 aromatic rings. The van der Waals surface area contributed by atoms with Gasteiger partial charge in [0.1, 0.15) is 5.75 Å². The zero-order chi connectivity index (χ0) is 18.2. The van der Waals surface area contributed by atoms with E-state index in [1.807, 2.05) is 0 Å².